The fraction of sp³-hybridized carbons (Fsp3) is 0.222. The highest BCUT2D eigenvalue weighted by Gasteiger charge is 2.06. The number of carbonyl (C=O) groups excluding carboxylic acids is 2. The van der Waals surface area contributed by atoms with Crippen molar-refractivity contribution in [3.05, 3.63) is 60.2 Å². The maximum atomic E-state index is 11.7. The molecule has 0 saturated heterocycles. The van der Waals surface area contributed by atoms with Crippen LogP contribution in [0.2, 0.25) is 0 Å². The van der Waals surface area contributed by atoms with Gasteiger partial charge in [-0.2, -0.15) is 0 Å². The largest absolute Gasteiger partial charge is 0.497 e. The van der Waals surface area contributed by atoms with Crippen LogP contribution in [0.3, 0.4) is 0 Å². The molecule has 24 heavy (non-hydrogen) atoms. The molecule has 2 N–H and O–H groups in total. The lowest BCUT2D eigenvalue weighted by atomic mass is 10.2. The molecule has 0 fully saturated rings. The van der Waals surface area contributed by atoms with E-state index in [2.05, 4.69) is 10.6 Å². The molecular formula is C18H20N2O4. The van der Waals surface area contributed by atoms with Gasteiger partial charge in [-0.3, -0.25) is 9.59 Å². The van der Waals surface area contributed by atoms with E-state index in [1.54, 1.807) is 19.2 Å². The average Bonchev–Trinajstić information content (AvgIpc) is 2.61. The van der Waals surface area contributed by atoms with Crippen LogP contribution in [0.15, 0.2) is 54.6 Å². The Morgan fingerprint density at radius 1 is 0.958 bits per heavy atom. The highest BCUT2D eigenvalue weighted by molar-refractivity contribution is 5.91. The molecule has 2 aromatic rings. The van der Waals surface area contributed by atoms with Gasteiger partial charge in [0.15, 0.2) is 0 Å². The van der Waals surface area contributed by atoms with E-state index in [9.17, 15) is 9.59 Å². The highest BCUT2D eigenvalue weighted by atomic mass is 16.5. The van der Waals surface area contributed by atoms with Crippen LogP contribution < -0.4 is 15.4 Å². The Morgan fingerprint density at radius 2 is 1.71 bits per heavy atom. The first kappa shape index (κ1) is 17.5. The highest BCUT2D eigenvalue weighted by Crippen LogP contribution is 2.12. The maximum Gasteiger partial charge on any atom is 0.250 e. The van der Waals surface area contributed by atoms with Crippen molar-refractivity contribution in [1.29, 1.82) is 0 Å². The van der Waals surface area contributed by atoms with Crippen LogP contribution in [0.1, 0.15) is 5.56 Å². The first-order chi connectivity index (χ1) is 11.7. The summed E-state index contributed by atoms with van der Waals surface area (Å²) in [6.45, 7) is 0.0171. The summed E-state index contributed by atoms with van der Waals surface area (Å²) in [5.41, 5.74) is 1.61. The van der Waals surface area contributed by atoms with E-state index in [0.29, 0.717) is 12.2 Å². The van der Waals surface area contributed by atoms with Crippen LogP contribution in [0.4, 0.5) is 5.69 Å². The van der Waals surface area contributed by atoms with Gasteiger partial charge in [-0.25, -0.2) is 0 Å². The van der Waals surface area contributed by atoms with E-state index < -0.39 is 0 Å². The van der Waals surface area contributed by atoms with Gasteiger partial charge < -0.3 is 20.1 Å². The van der Waals surface area contributed by atoms with Crippen molar-refractivity contribution in [2.45, 2.75) is 6.54 Å². The molecule has 0 heterocycles. The fourth-order valence-corrected chi connectivity index (χ4v) is 1.99. The summed E-state index contributed by atoms with van der Waals surface area (Å²) >= 11 is 0. The second-order valence-electron chi connectivity index (χ2n) is 5.04. The van der Waals surface area contributed by atoms with E-state index in [4.69, 9.17) is 9.47 Å². The Balaban J connectivity index is 1.65. The van der Waals surface area contributed by atoms with Crippen molar-refractivity contribution in [2.24, 2.45) is 0 Å². The molecule has 2 rings (SSSR count). The zero-order chi connectivity index (χ0) is 17.2. The zero-order valence-electron chi connectivity index (χ0n) is 13.5. The minimum atomic E-state index is -0.304. The van der Waals surface area contributed by atoms with Crippen LogP contribution in [-0.4, -0.2) is 32.1 Å². The van der Waals surface area contributed by atoms with Crippen molar-refractivity contribution in [3.8, 4) is 5.75 Å². The third-order valence-electron chi connectivity index (χ3n) is 3.15. The fourth-order valence-electron chi connectivity index (χ4n) is 1.99. The SMILES string of the molecule is COc1cccc(CNC(=O)COCC(=O)Nc2ccccc2)c1. The van der Waals surface area contributed by atoms with E-state index >= 15 is 0 Å². The van der Waals surface area contributed by atoms with Gasteiger partial charge in [-0.1, -0.05) is 30.3 Å². The Hall–Kier alpha value is -2.86. The number of para-hydroxylation sites is 1. The molecule has 6 heteroatoms. The molecule has 126 valence electrons. The van der Waals surface area contributed by atoms with Gasteiger partial charge in [0.25, 0.3) is 0 Å². The molecule has 0 radical (unpaired) electrons. The Kier molecular flexibility index (Phi) is 6.79. The van der Waals surface area contributed by atoms with Crippen LogP contribution in [0, 0.1) is 0 Å². The number of methoxy groups -OCH3 is 1. The number of nitrogens with one attached hydrogen (secondary N) is 2. The van der Waals surface area contributed by atoms with Crippen molar-refractivity contribution in [3.63, 3.8) is 0 Å². The van der Waals surface area contributed by atoms with E-state index in [1.807, 2.05) is 42.5 Å². The average molecular weight is 328 g/mol. The summed E-state index contributed by atoms with van der Waals surface area (Å²) in [6.07, 6.45) is 0. The molecule has 0 aliphatic heterocycles. The van der Waals surface area contributed by atoms with Crippen LogP contribution in [0.25, 0.3) is 0 Å². The molecule has 2 amide bonds. The molecule has 0 aromatic heterocycles. The van der Waals surface area contributed by atoms with Crippen LogP contribution in [-0.2, 0) is 20.9 Å². The third kappa shape index (κ3) is 6.10. The summed E-state index contributed by atoms with van der Waals surface area (Å²) in [5, 5.41) is 5.40. The summed E-state index contributed by atoms with van der Waals surface area (Å²) in [5.74, 6) is 0.141. The smallest absolute Gasteiger partial charge is 0.250 e. The van der Waals surface area contributed by atoms with E-state index in [-0.39, 0.29) is 25.0 Å². The molecule has 0 atom stereocenters. The third-order valence-corrected chi connectivity index (χ3v) is 3.15. The van der Waals surface area contributed by atoms with Gasteiger partial charge in [0.05, 0.1) is 7.11 Å². The van der Waals surface area contributed by atoms with E-state index in [1.165, 1.54) is 0 Å². The summed E-state index contributed by atoms with van der Waals surface area (Å²) < 4.78 is 10.2. The Labute approximate surface area is 140 Å². The molecule has 0 saturated carbocycles. The second-order valence-corrected chi connectivity index (χ2v) is 5.04. The van der Waals surface area contributed by atoms with Crippen molar-refractivity contribution in [2.75, 3.05) is 25.6 Å². The van der Waals surface area contributed by atoms with Crippen molar-refractivity contribution >= 4 is 17.5 Å². The van der Waals surface area contributed by atoms with E-state index in [0.717, 1.165) is 11.3 Å². The minimum absolute atomic E-state index is 0.174. The Morgan fingerprint density at radius 3 is 2.46 bits per heavy atom. The molecule has 0 aliphatic carbocycles. The molecule has 0 spiro atoms. The van der Waals surface area contributed by atoms with Gasteiger partial charge in [0.1, 0.15) is 19.0 Å². The Bertz CT molecular complexity index is 674. The molecule has 0 bridgehead atoms. The molecule has 2 aromatic carbocycles. The van der Waals surface area contributed by atoms with Crippen LogP contribution in [0.5, 0.6) is 5.75 Å². The topological polar surface area (TPSA) is 76.7 Å². The number of rotatable bonds is 8. The number of anilines is 1. The van der Waals surface area contributed by atoms with Gasteiger partial charge in [-0.15, -0.1) is 0 Å². The van der Waals surface area contributed by atoms with Crippen molar-refractivity contribution in [1.82, 2.24) is 5.32 Å². The lowest BCUT2D eigenvalue weighted by molar-refractivity contribution is -0.128. The first-order valence-corrected chi connectivity index (χ1v) is 7.49. The maximum absolute atomic E-state index is 11.7. The molecular weight excluding hydrogens is 308 g/mol. The number of amides is 2. The molecule has 0 aliphatic rings. The number of ether oxygens (including phenoxy) is 2. The number of benzene rings is 2. The van der Waals surface area contributed by atoms with Crippen molar-refractivity contribution < 1.29 is 19.1 Å². The van der Waals surface area contributed by atoms with Gasteiger partial charge in [0, 0.05) is 12.2 Å². The quantitative estimate of drug-likeness (QED) is 0.777. The lowest BCUT2D eigenvalue weighted by Crippen LogP contribution is -2.29. The number of hydrogen-bond acceptors (Lipinski definition) is 4. The van der Waals surface area contributed by atoms with Gasteiger partial charge in [0.2, 0.25) is 11.8 Å². The van der Waals surface area contributed by atoms with Gasteiger partial charge >= 0.3 is 0 Å². The van der Waals surface area contributed by atoms with Gasteiger partial charge in [-0.05, 0) is 29.8 Å². The lowest BCUT2D eigenvalue weighted by Gasteiger charge is -2.08. The number of carbonyl (C=O) groups is 2. The first-order valence-electron chi connectivity index (χ1n) is 7.49. The number of hydrogen-bond donors (Lipinski definition) is 2. The monoisotopic (exact) mass is 328 g/mol. The normalized spacial score (nSPS) is 10.0. The molecule has 0 unspecified atom stereocenters. The summed E-state index contributed by atoms with van der Waals surface area (Å²) in [4.78, 5) is 23.4. The zero-order valence-corrected chi connectivity index (χ0v) is 13.5. The summed E-state index contributed by atoms with van der Waals surface area (Å²) in [6, 6.07) is 16.5. The molecule has 6 nitrogen and oxygen atoms in total. The predicted octanol–water partition coefficient (Wildman–Crippen LogP) is 1.97. The summed E-state index contributed by atoms with van der Waals surface area (Å²) in [7, 11) is 1.59. The minimum Gasteiger partial charge on any atom is -0.497 e. The van der Waals surface area contributed by atoms with Crippen LogP contribution >= 0.6 is 0 Å². The standard InChI is InChI=1S/C18H20N2O4/c1-23-16-9-5-6-14(10-16)11-19-17(21)12-24-13-18(22)20-15-7-3-2-4-8-15/h2-10H,11-13H2,1H3,(H,19,21)(H,20,22). The second kappa shape index (κ2) is 9.32. The predicted molar refractivity (Wildman–Crippen MR) is 90.7 cm³/mol.